The monoisotopic (exact) mass is 236 g/mol. The molecule has 1 saturated heterocycles. The Kier molecular flexibility index (Phi) is 3.87. The molecular formula is C11H16N4O2. The van der Waals surface area contributed by atoms with E-state index in [9.17, 15) is 9.59 Å². The molecule has 0 aromatic carbocycles. The van der Waals surface area contributed by atoms with Crippen molar-refractivity contribution in [3.05, 3.63) is 28.2 Å². The van der Waals surface area contributed by atoms with E-state index in [0.29, 0.717) is 12.6 Å². The van der Waals surface area contributed by atoms with E-state index < -0.39 is 0 Å². The van der Waals surface area contributed by atoms with Crippen molar-refractivity contribution in [2.45, 2.75) is 25.3 Å². The molecule has 17 heavy (non-hydrogen) atoms. The first kappa shape index (κ1) is 11.8. The number of carbonyl (C=O) groups excluding carboxylic acids is 1. The van der Waals surface area contributed by atoms with Gasteiger partial charge in [-0.3, -0.25) is 9.59 Å². The van der Waals surface area contributed by atoms with Crippen LogP contribution in [0, 0.1) is 0 Å². The quantitative estimate of drug-likeness (QED) is 0.666. The standard InChI is InChI=1S/C11H16N4O2/c16-10-4-3-9(14-15-10)11(17)13-7-5-8-2-1-6-12-8/h3-4,8,12H,1-2,5-7H2,(H,13,17)(H,15,16)/t8-/m0/s1. The number of hydrogen-bond donors (Lipinski definition) is 3. The molecule has 0 aliphatic carbocycles. The van der Waals surface area contributed by atoms with E-state index in [1.54, 1.807) is 0 Å². The Labute approximate surface area is 98.8 Å². The van der Waals surface area contributed by atoms with Crippen LogP contribution in [0.3, 0.4) is 0 Å². The Morgan fingerprint density at radius 3 is 3.06 bits per heavy atom. The van der Waals surface area contributed by atoms with Crippen molar-refractivity contribution in [3.63, 3.8) is 0 Å². The maximum atomic E-state index is 11.6. The second-order valence-corrected chi connectivity index (χ2v) is 4.14. The van der Waals surface area contributed by atoms with Crippen LogP contribution in [-0.4, -0.2) is 35.2 Å². The summed E-state index contributed by atoms with van der Waals surface area (Å²) < 4.78 is 0. The van der Waals surface area contributed by atoms with Gasteiger partial charge in [-0.15, -0.1) is 0 Å². The van der Waals surface area contributed by atoms with E-state index in [2.05, 4.69) is 20.8 Å². The van der Waals surface area contributed by atoms with Crippen molar-refractivity contribution in [2.75, 3.05) is 13.1 Å². The van der Waals surface area contributed by atoms with Crippen molar-refractivity contribution in [1.82, 2.24) is 20.8 Å². The molecule has 0 unspecified atom stereocenters. The van der Waals surface area contributed by atoms with Gasteiger partial charge in [-0.2, -0.15) is 5.10 Å². The Morgan fingerprint density at radius 2 is 2.41 bits per heavy atom. The molecule has 1 atom stereocenters. The molecule has 2 heterocycles. The van der Waals surface area contributed by atoms with Gasteiger partial charge in [0.1, 0.15) is 5.69 Å². The molecule has 2 rings (SSSR count). The van der Waals surface area contributed by atoms with Crippen molar-refractivity contribution >= 4 is 5.91 Å². The lowest BCUT2D eigenvalue weighted by Gasteiger charge is -2.10. The smallest absolute Gasteiger partial charge is 0.271 e. The van der Waals surface area contributed by atoms with Gasteiger partial charge in [-0.1, -0.05) is 0 Å². The summed E-state index contributed by atoms with van der Waals surface area (Å²) in [6, 6.07) is 3.22. The first-order valence-corrected chi connectivity index (χ1v) is 5.83. The van der Waals surface area contributed by atoms with Crippen LogP contribution < -0.4 is 16.2 Å². The molecule has 1 aromatic rings. The maximum Gasteiger partial charge on any atom is 0.271 e. The minimum absolute atomic E-state index is 0.240. The minimum atomic E-state index is -0.309. The van der Waals surface area contributed by atoms with Crippen LogP contribution in [-0.2, 0) is 0 Å². The first-order chi connectivity index (χ1) is 8.25. The molecule has 6 nitrogen and oxygen atoms in total. The van der Waals surface area contributed by atoms with Gasteiger partial charge in [0.05, 0.1) is 0 Å². The van der Waals surface area contributed by atoms with Crippen LogP contribution in [0.5, 0.6) is 0 Å². The summed E-state index contributed by atoms with van der Waals surface area (Å²) in [5, 5.41) is 12.0. The number of amides is 1. The van der Waals surface area contributed by atoms with Crippen LogP contribution >= 0.6 is 0 Å². The topological polar surface area (TPSA) is 86.9 Å². The molecule has 1 aromatic heterocycles. The molecule has 1 aliphatic heterocycles. The van der Waals surface area contributed by atoms with Gasteiger partial charge in [0.15, 0.2) is 0 Å². The Balaban J connectivity index is 1.76. The molecule has 6 heteroatoms. The molecule has 1 fully saturated rings. The summed E-state index contributed by atoms with van der Waals surface area (Å²) in [5.74, 6) is -0.251. The number of nitrogens with one attached hydrogen (secondary N) is 3. The molecule has 3 N–H and O–H groups in total. The molecule has 0 spiro atoms. The first-order valence-electron chi connectivity index (χ1n) is 5.83. The predicted molar refractivity (Wildman–Crippen MR) is 62.8 cm³/mol. The van der Waals surface area contributed by atoms with Crippen LogP contribution in [0.1, 0.15) is 29.8 Å². The minimum Gasteiger partial charge on any atom is -0.351 e. The second kappa shape index (κ2) is 5.58. The van der Waals surface area contributed by atoms with Crippen LogP contribution in [0.4, 0.5) is 0 Å². The number of carbonyl (C=O) groups is 1. The fourth-order valence-electron chi connectivity index (χ4n) is 1.92. The highest BCUT2D eigenvalue weighted by Crippen LogP contribution is 2.07. The number of H-pyrrole nitrogens is 1. The summed E-state index contributed by atoms with van der Waals surface area (Å²) in [6.45, 7) is 1.69. The van der Waals surface area contributed by atoms with Crippen LogP contribution in [0.15, 0.2) is 16.9 Å². The van der Waals surface area contributed by atoms with Gasteiger partial charge in [-0.05, 0) is 31.9 Å². The van der Waals surface area contributed by atoms with Crippen molar-refractivity contribution in [3.8, 4) is 0 Å². The summed E-state index contributed by atoms with van der Waals surface area (Å²) >= 11 is 0. The number of aromatic nitrogens is 2. The third kappa shape index (κ3) is 3.39. The van der Waals surface area contributed by atoms with Crippen molar-refractivity contribution in [2.24, 2.45) is 0 Å². The van der Waals surface area contributed by atoms with Gasteiger partial charge in [-0.25, -0.2) is 5.10 Å². The maximum absolute atomic E-state index is 11.6. The summed E-state index contributed by atoms with van der Waals surface area (Å²) in [5.41, 5.74) is -0.0688. The Morgan fingerprint density at radius 1 is 1.53 bits per heavy atom. The fourth-order valence-corrected chi connectivity index (χ4v) is 1.92. The zero-order chi connectivity index (χ0) is 12.1. The number of nitrogens with zero attached hydrogens (tertiary/aromatic N) is 1. The number of rotatable bonds is 4. The predicted octanol–water partition coefficient (Wildman–Crippen LogP) is -0.358. The SMILES string of the molecule is O=C(NCC[C@@H]1CCCN1)c1ccc(=O)[nH]n1. The Bertz CT molecular complexity index is 417. The highest BCUT2D eigenvalue weighted by molar-refractivity contribution is 5.91. The van der Waals surface area contributed by atoms with Gasteiger partial charge < -0.3 is 10.6 Å². The molecule has 0 saturated carbocycles. The normalized spacial score (nSPS) is 19.2. The van der Waals surface area contributed by atoms with Crippen molar-refractivity contribution < 1.29 is 4.79 Å². The zero-order valence-electron chi connectivity index (χ0n) is 9.53. The second-order valence-electron chi connectivity index (χ2n) is 4.14. The van der Waals surface area contributed by atoms with E-state index in [1.807, 2.05) is 0 Å². The van der Waals surface area contributed by atoms with Gasteiger partial charge in [0.2, 0.25) is 0 Å². The highest BCUT2D eigenvalue weighted by Gasteiger charge is 2.14. The van der Waals surface area contributed by atoms with E-state index in [0.717, 1.165) is 13.0 Å². The highest BCUT2D eigenvalue weighted by atomic mass is 16.2. The van der Waals surface area contributed by atoms with Crippen LogP contribution in [0.2, 0.25) is 0 Å². The average molecular weight is 236 g/mol. The summed E-state index contributed by atoms with van der Waals surface area (Å²) in [6.07, 6.45) is 3.31. The molecule has 0 bridgehead atoms. The Hall–Kier alpha value is -1.69. The molecule has 0 radical (unpaired) electrons. The van der Waals surface area contributed by atoms with Gasteiger partial charge in [0, 0.05) is 18.7 Å². The van der Waals surface area contributed by atoms with E-state index >= 15 is 0 Å². The van der Waals surface area contributed by atoms with E-state index in [4.69, 9.17) is 0 Å². The third-order valence-electron chi connectivity index (χ3n) is 2.85. The summed E-state index contributed by atoms with van der Waals surface area (Å²) in [4.78, 5) is 22.4. The lowest BCUT2D eigenvalue weighted by molar-refractivity contribution is 0.0946. The largest absolute Gasteiger partial charge is 0.351 e. The average Bonchev–Trinajstić information content (AvgIpc) is 2.83. The zero-order valence-corrected chi connectivity index (χ0v) is 9.53. The lowest BCUT2D eigenvalue weighted by atomic mass is 10.1. The molecule has 1 aliphatic rings. The van der Waals surface area contributed by atoms with Crippen molar-refractivity contribution in [1.29, 1.82) is 0 Å². The van der Waals surface area contributed by atoms with Crippen LogP contribution in [0.25, 0.3) is 0 Å². The molecular weight excluding hydrogens is 220 g/mol. The molecule has 1 amide bonds. The summed E-state index contributed by atoms with van der Waals surface area (Å²) in [7, 11) is 0. The van der Waals surface area contributed by atoms with E-state index in [1.165, 1.54) is 25.0 Å². The lowest BCUT2D eigenvalue weighted by Crippen LogP contribution is -2.31. The fraction of sp³-hybridized carbons (Fsp3) is 0.545. The van der Waals surface area contributed by atoms with Gasteiger partial charge in [0.25, 0.3) is 11.5 Å². The van der Waals surface area contributed by atoms with Gasteiger partial charge >= 0.3 is 0 Å². The number of hydrogen-bond acceptors (Lipinski definition) is 4. The third-order valence-corrected chi connectivity index (χ3v) is 2.85. The molecule has 92 valence electrons. The van der Waals surface area contributed by atoms with E-state index in [-0.39, 0.29) is 17.2 Å². The number of aromatic amines is 1.